The Morgan fingerprint density at radius 1 is 1.22 bits per heavy atom. The fourth-order valence-corrected chi connectivity index (χ4v) is 2.42. The van der Waals surface area contributed by atoms with E-state index in [1.54, 1.807) is 18.2 Å². The zero-order chi connectivity index (χ0) is 17.0. The second-order valence-corrected chi connectivity index (χ2v) is 6.06. The molecule has 0 aliphatic heterocycles. The number of aryl methyl sites for hydroxylation is 2. The number of carbonyl (C=O) groups excluding carboxylic acids is 2. The molecule has 1 heterocycles. The molecule has 0 spiro atoms. The van der Waals surface area contributed by atoms with Gasteiger partial charge in [-0.2, -0.15) is 0 Å². The van der Waals surface area contributed by atoms with Crippen molar-refractivity contribution in [2.24, 2.45) is 0 Å². The van der Waals surface area contributed by atoms with Gasteiger partial charge >= 0.3 is 5.97 Å². The Hall–Kier alpha value is -2.21. The molecule has 1 N–H and O–H groups in total. The van der Waals surface area contributed by atoms with Crippen LogP contribution >= 0.6 is 15.9 Å². The molecule has 6 heteroatoms. The minimum atomic E-state index is -0.919. The highest BCUT2D eigenvalue weighted by atomic mass is 79.9. The normalized spacial score (nSPS) is 11.7. The van der Waals surface area contributed by atoms with Crippen LogP contribution in [0.4, 0.5) is 5.69 Å². The van der Waals surface area contributed by atoms with Crippen LogP contribution in [0.15, 0.2) is 41.0 Å². The molecule has 1 aromatic heterocycles. The van der Waals surface area contributed by atoms with Gasteiger partial charge in [-0.15, -0.1) is 0 Å². The molecule has 0 aliphatic rings. The van der Waals surface area contributed by atoms with Crippen molar-refractivity contribution >= 4 is 33.5 Å². The van der Waals surface area contributed by atoms with Gasteiger partial charge in [-0.05, 0) is 66.5 Å². The summed E-state index contributed by atoms with van der Waals surface area (Å²) in [7, 11) is 0. The van der Waals surface area contributed by atoms with Gasteiger partial charge in [0, 0.05) is 16.4 Å². The van der Waals surface area contributed by atoms with Crippen molar-refractivity contribution in [3.05, 3.63) is 57.8 Å². The third-order valence-corrected chi connectivity index (χ3v) is 3.84. The Balaban J connectivity index is 1.99. The van der Waals surface area contributed by atoms with Crippen molar-refractivity contribution < 1.29 is 14.3 Å². The van der Waals surface area contributed by atoms with Crippen LogP contribution in [0.25, 0.3) is 0 Å². The maximum atomic E-state index is 12.1. The highest BCUT2D eigenvalue weighted by Gasteiger charge is 2.19. The van der Waals surface area contributed by atoms with Crippen LogP contribution in [0.1, 0.15) is 28.5 Å². The van der Waals surface area contributed by atoms with Crippen molar-refractivity contribution in [1.82, 2.24) is 4.98 Å². The average molecular weight is 377 g/mol. The van der Waals surface area contributed by atoms with Crippen LogP contribution in [-0.4, -0.2) is 23.0 Å². The lowest BCUT2D eigenvalue weighted by Gasteiger charge is -2.14. The molecular formula is C17H17BrN2O3. The Bertz CT molecular complexity index is 729. The van der Waals surface area contributed by atoms with E-state index in [9.17, 15) is 9.59 Å². The van der Waals surface area contributed by atoms with E-state index in [0.717, 1.165) is 15.7 Å². The molecule has 0 saturated heterocycles. The van der Waals surface area contributed by atoms with Gasteiger partial charge in [0.05, 0.1) is 11.3 Å². The van der Waals surface area contributed by atoms with Crippen LogP contribution in [0.3, 0.4) is 0 Å². The van der Waals surface area contributed by atoms with E-state index in [4.69, 9.17) is 4.74 Å². The number of halogens is 1. The molecule has 120 valence electrons. The second-order valence-electron chi connectivity index (χ2n) is 5.21. The number of benzene rings is 1. The van der Waals surface area contributed by atoms with E-state index in [0.29, 0.717) is 11.3 Å². The monoisotopic (exact) mass is 376 g/mol. The largest absolute Gasteiger partial charge is 0.449 e. The summed E-state index contributed by atoms with van der Waals surface area (Å²) in [5.74, 6) is -0.980. The summed E-state index contributed by atoms with van der Waals surface area (Å²) in [6, 6.07) is 8.89. The van der Waals surface area contributed by atoms with Crippen LogP contribution in [-0.2, 0) is 9.53 Å². The molecule has 0 bridgehead atoms. The second kappa shape index (κ2) is 7.37. The van der Waals surface area contributed by atoms with Crippen molar-refractivity contribution in [1.29, 1.82) is 0 Å². The smallest absolute Gasteiger partial charge is 0.340 e. The number of anilines is 1. The Kier molecular flexibility index (Phi) is 5.50. The number of ether oxygens (including phenoxy) is 1. The number of esters is 1. The van der Waals surface area contributed by atoms with E-state index >= 15 is 0 Å². The third kappa shape index (κ3) is 4.63. The molecular weight excluding hydrogens is 360 g/mol. The molecule has 2 aromatic rings. The topological polar surface area (TPSA) is 68.3 Å². The molecule has 1 atom stereocenters. The molecule has 5 nitrogen and oxygen atoms in total. The molecule has 0 unspecified atom stereocenters. The van der Waals surface area contributed by atoms with Gasteiger partial charge in [0.2, 0.25) is 0 Å². The first-order chi connectivity index (χ1) is 10.9. The minimum Gasteiger partial charge on any atom is -0.449 e. The van der Waals surface area contributed by atoms with Crippen LogP contribution in [0.5, 0.6) is 0 Å². The highest BCUT2D eigenvalue weighted by Crippen LogP contribution is 2.23. The summed E-state index contributed by atoms with van der Waals surface area (Å²) < 4.78 is 5.94. The molecule has 1 aromatic carbocycles. The van der Waals surface area contributed by atoms with Crippen molar-refractivity contribution in [2.45, 2.75) is 26.9 Å². The fraction of sp³-hybridized carbons (Fsp3) is 0.235. The maximum Gasteiger partial charge on any atom is 0.340 e. The standard InChI is InChI=1S/C17H17BrN2O3/c1-10-4-7-15(14(18)8-10)20-16(21)12(3)23-17(22)13-6-5-11(2)19-9-13/h4-9,12H,1-3H3,(H,20,21)/t12-/m0/s1. The zero-order valence-electron chi connectivity index (χ0n) is 13.1. The number of amides is 1. The van der Waals surface area contributed by atoms with Gasteiger partial charge in [0.25, 0.3) is 5.91 Å². The van der Waals surface area contributed by atoms with E-state index in [2.05, 4.69) is 26.2 Å². The van der Waals surface area contributed by atoms with Gasteiger partial charge in [-0.25, -0.2) is 4.79 Å². The van der Waals surface area contributed by atoms with Gasteiger partial charge in [0.1, 0.15) is 0 Å². The van der Waals surface area contributed by atoms with Gasteiger partial charge in [0.15, 0.2) is 6.10 Å². The van der Waals surface area contributed by atoms with Crippen LogP contribution in [0.2, 0.25) is 0 Å². The van der Waals surface area contributed by atoms with E-state index in [1.165, 1.54) is 13.1 Å². The summed E-state index contributed by atoms with van der Waals surface area (Å²) >= 11 is 3.39. The molecule has 23 heavy (non-hydrogen) atoms. The van der Waals surface area contributed by atoms with E-state index in [-0.39, 0.29) is 0 Å². The molecule has 0 radical (unpaired) electrons. The van der Waals surface area contributed by atoms with Gasteiger partial charge in [-0.3, -0.25) is 9.78 Å². The molecule has 0 saturated carbocycles. The SMILES string of the molecule is Cc1ccc(NC(=O)[C@H](C)OC(=O)c2ccc(C)nc2)c(Br)c1. The quantitative estimate of drug-likeness (QED) is 0.826. The van der Waals surface area contributed by atoms with Gasteiger partial charge in [-0.1, -0.05) is 6.07 Å². The van der Waals surface area contributed by atoms with Crippen LogP contribution in [0, 0.1) is 13.8 Å². The number of nitrogens with one attached hydrogen (secondary N) is 1. The van der Waals surface area contributed by atoms with Crippen LogP contribution < -0.4 is 5.32 Å². The number of pyridine rings is 1. The summed E-state index contributed by atoms with van der Waals surface area (Å²) in [5.41, 5.74) is 2.81. The lowest BCUT2D eigenvalue weighted by Crippen LogP contribution is -2.30. The first kappa shape index (κ1) is 17.1. The Morgan fingerprint density at radius 3 is 2.57 bits per heavy atom. The van der Waals surface area contributed by atoms with Crippen molar-refractivity contribution in [2.75, 3.05) is 5.32 Å². The number of nitrogens with zero attached hydrogens (tertiary/aromatic N) is 1. The highest BCUT2D eigenvalue weighted by molar-refractivity contribution is 9.10. The third-order valence-electron chi connectivity index (χ3n) is 3.18. The lowest BCUT2D eigenvalue weighted by atomic mass is 10.2. The first-order valence-corrected chi connectivity index (χ1v) is 7.87. The summed E-state index contributed by atoms with van der Waals surface area (Å²) in [6.45, 7) is 5.30. The first-order valence-electron chi connectivity index (χ1n) is 7.07. The van der Waals surface area contributed by atoms with Crippen molar-refractivity contribution in [3.63, 3.8) is 0 Å². The molecule has 2 rings (SSSR count). The summed E-state index contributed by atoms with van der Waals surface area (Å²) in [4.78, 5) is 28.2. The minimum absolute atomic E-state index is 0.312. The van der Waals surface area contributed by atoms with Crippen molar-refractivity contribution in [3.8, 4) is 0 Å². The van der Waals surface area contributed by atoms with E-state index in [1.807, 2.05) is 26.0 Å². The molecule has 1 amide bonds. The molecule has 0 aliphatic carbocycles. The number of aromatic nitrogens is 1. The summed E-state index contributed by atoms with van der Waals surface area (Å²) in [6.07, 6.45) is 0.510. The zero-order valence-corrected chi connectivity index (χ0v) is 14.7. The number of hydrogen-bond donors (Lipinski definition) is 1. The Morgan fingerprint density at radius 2 is 1.96 bits per heavy atom. The maximum absolute atomic E-state index is 12.1. The number of rotatable bonds is 4. The average Bonchev–Trinajstić information content (AvgIpc) is 2.50. The number of hydrogen-bond acceptors (Lipinski definition) is 4. The Labute approximate surface area is 143 Å². The fourth-order valence-electron chi connectivity index (χ4n) is 1.83. The summed E-state index contributed by atoms with van der Waals surface area (Å²) in [5, 5.41) is 2.72. The van der Waals surface area contributed by atoms with E-state index < -0.39 is 18.0 Å². The number of carbonyl (C=O) groups is 2. The van der Waals surface area contributed by atoms with Gasteiger partial charge < -0.3 is 10.1 Å². The lowest BCUT2D eigenvalue weighted by molar-refractivity contribution is -0.123. The molecule has 0 fully saturated rings. The predicted octanol–water partition coefficient (Wildman–Crippen LogP) is 3.64. The predicted molar refractivity (Wildman–Crippen MR) is 91.4 cm³/mol.